The van der Waals surface area contributed by atoms with Crippen molar-refractivity contribution in [2.75, 3.05) is 11.9 Å². The summed E-state index contributed by atoms with van der Waals surface area (Å²) in [5.74, 6) is -0.959. The Balaban J connectivity index is 1.39. The van der Waals surface area contributed by atoms with Crippen molar-refractivity contribution in [2.45, 2.75) is 26.7 Å². The quantitative estimate of drug-likeness (QED) is 0.365. The first-order valence-electron chi connectivity index (χ1n) is 9.73. The van der Waals surface area contributed by atoms with Crippen LogP contribution in [0.4, 0.5) is 5.69 Å². The fraction of sp³-hybridized carbons (Fsp3) is 0.227. The van der Waals surface area contributed by atoms with Gasteiger partial charge in [-0.3, -0.25) is 9.59 Å². The van der Waals surface area contributed by atoms with Crippen LogP contribution in [0, 0.1) is 13.8 Å². The van der Waals surface area contributed by atoms with Crippen molar-refractivity contribution in [3.05, 3.63) is 64.7 Å². The lowest BCUT2D eigenvalue weighted by atomic mass is 10.1. The van der Waals surface area contributed by atoms with Crippen molar-refractivity contribution in [3.8, 4) is 0 Å². The Kier molecular flexibility index (Phi) is 5.81. The van der Waals surface area contributed by atoms with Crippen LogP contribution < -0.4 is 5.32 Å². The minimum atomic E-state index is -0.484. The molecule has 0 aliphatic heterocycles. The third kappa shape index (κ3) is 4.34. The standard InChI is InChI=1S/C22H20ClN5O3/c1-13-15(14(2)28-22(25-13)16-6-3-4-7-17(16)27-28)9-10-20(30)31-12-19(29)26-18-8-5-11-24-21(18)23/h3-8,11H,9-10,12H2,1-2H3,(H,26,29). The second-order valence-electron chi connectivity index (χ2n) is 7.06. The predicted molar refractivity (Wildman–Crippen MR) is 117 cm³/mol. The number of benzene rings is 1. The number of fused-ring (bicyclic) bond motifs is 3. The maximum Gasteiger partial charge on any atom is 0.306 e. The number of hydrogen-bond acceptors (Lipinski definition) is 6. The molecule has 1 aromatic carbocycles. The van der Waals surface area contributed by atoms with Crippen molar-refractivity contribution in [2.24, 2.45) is 0 Å². The highest BCUT2D eigenvalue weighted by molar-refractivity contribution is 6.32. The number of pyridine rings is 1. The lowest BCUT2D eigenvalue weighted by Crippen LogP contribution is -2.21. The van der Waals surface area contributed by atoms with Gasteiger partial charge in [-0.2, -0.15) is 5.10 Å². The lowest BCUT2D eigenvalue weighted by molar-refractivity contribution is -0.147. The van der Waals surface area contributed by atoms with Crippen LogP contribution in [0.3, 0.4) is 0 Å². The van der Waals surface area contributed by atoms with Gasteiger partial charge in [-0.25, -0.2) is 14.5 Å². The molecule has 9 heteroatoms. The summed E-state index contributed by atoms with van der Waals surface area (Å²) < 4.78 is 6.90. The molecule has 0 atom stereocenters. The molecule has 0 bridgehead atoms. The number of carbonyl (C=O) groups excluding carboxylic acids is 2. The number of aromatic nitrogens is 4. The van der Waals surface area contributed by atoms with Crippen LogP contribution in [-0.4, -0.2) is 38.1 Å². The first kappa shape index (κ1) is 20.7. The highest BCUT2D eigenvalue weighted by atomic mass is 35.5. The first-order valence-corrected chi connectivity index (χ1v) is 10.1. The smallest absolute Gasteiger partial charge is 0.306 e. The zero-order chi connectivity index (χ0) is 22.0. The molecule has 0 fully saturated rings. The fourth-order valence-corrected chi connectivity index (χ4v) is 3.62. The van der Waals surface area contributed by atoms with Gasteiger partial charge >= 0.3 is 5.97 Å². The van der Waals surface area contributed by atoms with Crippen LogP contribution in [0.5, 0.6) is 0 Å². The van der Waals surface area contributed by atoms with Crippen molar-refractivity contribution >= 4 is 45.7 Å². The van der Waals surface area contributed by atoms with Crippen LogP contribution in [0.25, 0.3) is 16.6 Å². The van der Waals surface area contributed by atoms with Gasteiger partial charge in [0.25, 0.3) is 5.91 Å². The Morgan fingerprint density at radius 2 is 1.97 bits per heavy atom. The second-order valence-corrected chi connectivity index (χ2v) is 7.42. The number of hydrogen-bond donors (Lipinski definition) is 1. The number of ether oxygens (including phenoxy) is 1. The molecule has 31 heavy (non-hydrogen) atoms. The van der Waals surface area contributed by atoms with E-state index in [1.54, 1.807) is 12.1 Å². The van der Waals surface area contributed by atoms with Crippen LogP contribution in [0.1, 0.15) is 23.4 Å². The molecule has 4 rings (SSSR count). The third-order valence-electron chi connectivity index (χ3n) is 4.99. The van der Waals surface area contributed by atoms with E-state index < -0.39 is 18.5 Å². The highest BCUT2D eigenvalue weighted by Crippen LogP contribution is 2.23. The van der Waals surface area contributed by atoms with Gasteiger partial charge < -0.3 is 10.1 Å². The molecule has 4 aromatic rings. The highest BCUT2D eigenvalue weighted by Gasteiger charge is 2.16. The van der Waals surface area contributed by atoms with E-state index in [1.807, 2.05) is 42.6 Å². The average molecular weight is 438 g/mol. The van der Waals surface area contributed by atoms with Gasteiger partial charge in [0.05, 0.1) is 11.2 Å². The first-order chi connectivity index (χ1) is 14.9. The SMILES string of the molecule is Cc1nc2c3ccccc3nn2c(C)c1CCC(=O)OCC(=O)Nc1cccnc1Cl. The summed E-state index contributed by atoms with van der Waals surface area (Å²) in [5.41, 5.74) is 4.73. The Morgan fingerprint density at radius 1 is 1.16 bits per heavy atom. The summed E-state index contributed by atoms with van der Waals surface area (Å²) in [5, 5.41) is 8.33. The molecule has 158 valence electrons. The van der Waals surface area contributed by atoms with E-state index in [9.17, 15) is 9.59 Å². The van der Waals surface area contributed by atoms with Gasteiger partial charge in [-0.15, -0.1) is 0 Å². The summed E-state index contributed by atoms with van der Waals surface area (Å²) in [6.45, 7) is 3.48. The van der Waals surface area contributed by atoms with Crippen LogP contribution >= 0.6 is 11.6 Å². The number of aryl methyl sites for hydroxylation is 2. The van der Waals surface area contributed by atoms with Gasteiger partial charge in [0, 0.05) is 29.4 Å². The zero-order valence-electron chi connectivity index (χ0n) is 17.1. The number of nitrogens with zero attached hydrogens (tertiary/aromatic N) is 4. The number of nitrogens with one attached hydrogen (secondary N) is 1. The summed E-state index contributed by atoms with van der Waals surface area (Å²) in [4.78, 5) is 32.7. The summed E-state index contributed by atoms with van der Waals surface area (Å²) >= 11 is 5.90. The molecule has 3 heterocycles. The van der Waals surface area contributed by atoms with Crippen LogP contribution in [0.15, 0.2) is 42.6 Å². The molecule has 8 nitrogen and oxygen atoms in total. The molecular formula is C22H20ClN5O3. The van der Waals surface area contributed by atoms with E-state index in [4.69, 9.17) is 21.3 Å². The topological polar surface area (TPSA) is 98.5 Å². The number of amides is 1. The molecule has 0 aliphatic carbocycles. The van der Waals surface area contributed by atoms with Gasteiger partial charge in [-0.1, -0.05) is 23.7 Å². The summed E-state index contributed by atoms with van der Waals surface area (Å²) in [7, 11) is 0. The summed E-state index contributed by atoms with van der Waals surface area (Å²) in [6, 6.07) is 11.1. The van der Waals surface area contributed by atoms with E-state index in [0.29, 0.717) is 12.1 Å². The van der Waals surface area contributed by atoms with E-state index in [0.717, 1.165) is 33.5 Å². The van der Waals surface area contributed by atoms with Crippen molar-refractivity contribution in [1.29, 1.82) is 0 Å². The number of esters is 1. The Morgan fingerprint density at radius 3 is 2.77 bits per heavy atom. The van der Waals surface area contributed by atoms with Crippen LogP contribution in [-0.2, 0) is 20.7 Å². The maximum atomic E-state index is 12.2. The molecular weight excluding hydrogens is 418 g/mol. The third-order valence-corrected chi connectivity index (χ3v) is 5.30. The normalized spacial score (nSPS) is 11.1. The van der Waals surface area contributed by atoms with E-state index in [2.05, 4.69) is 15.4 Å². The number of anilines is 1. The van der Waals surface area contributed by atoms with Crippen LogP contribution in [0.2, 0.25) is 5.15 Å². The number of rotatable bonds is 6. The van der Waals surface area contributed by atoms with Gasteiger partial charge in [0.1, 0.15) is 0 Å². The molecule has 0 saturated carbocycles. The van der Waals surface area contributed by atoms with E-state index in [1.165, 1.54) is 6.20 Å². The largest absolute Gasteiger partial charge is 0.456 e. The molecule has 0 unspecified atom stereocenters. The number of carbonyl (C=O) groups is 2. The number of halogens is 1. The Labute approximate surface area is 183 Å². The fourth-order valence-electron chi connectivity index (χ4n) is 3.45. The van der Waals surface area contributed by atoms with Crippen molar-refractivity contribution in [1.82, 2.24) is 19.6 Å². The summed E-state index contributed by atoms with van der Waals surface area (Å²) in [6.07, 6.45) is 2.07. The zero-order valence-corrected chi connectivity index (χ0v) is 17.8. The minimum absolute atomic E-state index is 0.122. The Hall–Kier alpha value is -3.52. The second kappa shape index (κ2) is 8.69. The van der Waals surface area contributed by atoms with Gasteiger partial charge in [0.2, 0.25) is 0 Å². The average Bonchev–Trinajstić information content (AvgIpc) is 3.12. The predicted octanol–water partition coefficient (Wildman–Crippen LogP) is 3.66. The molecule has 0 aliphatic rings. The maximum absolute atomic E-state index is 12.2. The molecule has 3 aromatic heterocycles. The van der Waals surface area contributed by atoms with Gasteiger partial charge in [-0.05, 0) is 50.1 Å². The van der Waals surface area contributed by atoms with E-state index >= 15 is 0 Å². The molecule has 0 spiro atoms. The lowest BCUT2D eigenvalue weighted by Gasteiger charge is -2.11. The Bertz CT molecular complexity index is 1300. The molecule has 0 radical (unpaired) electrons. The van der Waals surface area contributed by atoms with E-state index in [-0.39, 0.29) is 11.6 Å². The van der Waals surface area contributed by atoms with Crippen molar-refractivity contribution < 1.29 is 14.3 Å². The molecule has 1 amide bonds. The molecule has 1 N–H and O–H groups in total. The molecule has 0 saturated heterocycles. The minimum Gasteiger partial charge on any atom is -0.456 e. The monoisotopic (exact) mass is 437 g/mol. The van der Waals surface area contributed by atoms with Crippen molar-refractivity contribution in [3.63, 3.8) is 0 Å². The van der Waals surface area contributed by atoms with Gasteiger partial charge in [0.15, 0.2) is 17.4 Å².